The number of anilines is 1. The quantitative estimate of drug-likeness (QED) is 0.524. The van der Waals surface area contributed by atoms with Gasteiger partial charge in [0.05, 0.1) is 9.60 Å². The number of rotatable bonds is 6. The third-order valence-corrected chi connectivity index (χ3v) is 8.81. The van der Waals surface area contributed by atoms with Gasteiger partial charge in [-0.05, 0) is 30.3 Å². The minimum absolute atomic E-state index is 0.148. The first-order valence-corrected chi connectivity index (χ1v) is 12.9. The van der Waals surface area contributed by atoms with Crippen molar-refractivity contribution in [2.75, 3.05) is 44.2 Å². The monoisotopic (exact) mass is 494 g/mol. The third kappa shape index (κ3) is 4.57. The van der Waals surface area contributed by atoms with Gasteiger partial charge in [0.1, 0.15) is 11.3 Å². The molecular formula is C22H24F2N4O3S2. The molecule has 0 saturated carbocycles. The van der Waals surface area contributed by atoms with Gasteiger partial charge in [-0.1, -0.05) is 25.2 Å². The first-order valence-electron chi connectivity index (χ1n) is 10.6. The molecule has 1 fully saturated rings. The number of thiazole rings is 1. The molecule has 0 N–H and O–H groups in total. The average molecular weight is 495 g/mol. The molecule has 0 aliphatic carbocycles. The first kappa shape index (κ1) is 23.5. The fourth-order valence-electron chi connectivity index (χ4n) is 3.85. The molecule has 11 heteroatoms. The SMILES string of the molecule is CCN(CC)S(=O)(=O)c1ccc(C(=O)N2CCN(c3nc4c(F)cc(F)cc4s3)CC2)cc1. The Labute approximate surface area is 195 Å². The van der Waals surface area contributed by atoms with Crippen LogP contribution in [0.1, 0.15) is 24.2 Å². The van der Waals surface area contributed by atoms with Crippen molar-refractivity contribution in [3.05, 3.63) is 53.6 Å². The fraction of sp³-hybridized carbons (Fsp3) is 0.364. The molecule has 1 aliphatic heterocycles. The maximum Gasteiger partial charge on any atom is 0.253 e. The Morgan fingerprint density at radius 3 is 2.30 bits per heavy atom. The van der Waals surface area contributed by atoms with Gasteiger partial charge in [-0.2, -0.15) is 4.31 Å². The van der Waals surface area contributed by atoms with Crippen LogP contribution in [0.15, 0.2) is 41.3 Å². The average Bonchev–Trinajstić information content (AvgIpc) is 3.24. The van der Waals surface area contributed by atoms with Gasteiger partial charge < -0.3 is 9.80 Å². The summed E-state index contributed by atoms with van der Waals surface area (Å²) in [5.41, 5.74) is 0.564. The highest BCUT2D eigenvalue weighted by molar-refractivity contribution is 7.89. The van der Waals surface area contributed by atoms with Crippen LogP contribution in [0.25, 0.3) is 10.2 Å². The molecule has 2 aromatic carbocycles. The molecular weight excluding hydrogens is 470 g/mol. The van der Waals surface area contributed by atoms with Crippen molar-refractivity contribution in [3.8, 4) is 0 Å². The molecule has 0 bridgehead atoms. The number of carbonyl (C=O) groups is 1. The number of sulfonamides is 1. The molecule has 1 amide bonds. The van der Waals surface area contributed by atoms with Crippen molar-refractivity contribution < 1.29 is 22.0 Å². The minimum Gasteiger partial charge on any atom is -0.345 e. The zero-order valence-corrected chi connectivity index (χ0v) is 19.9. The van der Waals surface area contributed by atoms with E-state index in [-0.39, 0.29) is 16.3 Å². The summed E-state index contributed by atoms with van der Waals surface area (Å²) in [6.45, 7) is 6.19. The number of amides is 1. The molecule has 1 saturated heterocycles. The van der Waals surface area contributed by atoms with E-state index < -0.39 is 21.7 Å². The molecule has 2 heterocycles. The molecule has 7 nitrogen and oxygen atoms in total. The first-order chi connectivity index (χ1) is 15.7. The van der Waals surface area contributed by atoms with E-state index in [0.29, 0.717) is 54.7 Å². The van der Waals surface area contributed by atoms with Gasteiger partial charge in [-0.25, -0.2) is 22.2 Å². The molecule has 33 heavy (non-hydrogen) atoms. The summed E-state index contributed by atoms with van der Waals surface area (Å²) in [5.74, 6) is -1.51. The molecule has 0 atom stereocenters. The second-order valence-corrected chi connectivity index (χ2v) is 10.6. The number of nitrogens with zero attached hydrogens (tertiary/aromatic N) is 4. The van der Waals surface area contributed by atoms with Crippen LogP contribution in [-0.2, 0) is 10.0 Å². The van der Waals surface area contributed by atoms with Gasteiger partial charge in [-0.15, -0.1) is 0 Å². The van der Waals surface area contributed by atoms with E-state index in [2.05, 4.69) is 4.98 Å². The highest BCUT2D eigenvalue weighted by atomic mass is 32.2. The van der Waals surface area contributed by atoms with Crippen molar-refractivity contribution >= 4 is 42.6 Å². The Morgan fingerprint density at radius 1 is 1.06 bits per heavy atom. The van der Waals surface area contributed by atoms with Crippen LogP contribution < -0.4 is 4.90 Å². The zero-order chi connectivity index (χ0) is 23.8. The standard InChI is InChI=1S/C22H24F2N4O3S2/c1-3-28(4-2)33(30,31)17-7-5-15(6-8-17)21(29)26-9-11-27(12-10-26)22-25-20-18(24)13-16(23)14-19(20)32-22/h5-8,13-14H,3-4,9-12H2,1-2H3. The van der Waals surface area contributed by atoms with Crippen LogP contribution in [0.5, 0.6) is 0 Å². The summed E-state index contributed by atoms with van der Waals surface area (Å²) in [6, 6.07) is 8.09. The largest absolute Gasteiger partial charge is 0.345 e. The van der Waals surface area contributed by atoms with Crippen LogP contribution in [0, 0.1) is 11.6 Å². The predicted molar refractivity (Wildman–Crippen MR) is 124 cm³/mol. The van der Waals surface area contributed by atoms with Crippen molar-refractivity contribution in [1.29, 1.82) is 0 Å². The van der Waals surface area contributed by atoms with Crippen LogP contribution in [0.2, 0.25) is 0 Å². The van der Waals surface area contributed by atoms with Gasteiger partial charge in [0.15, 0.2) is 10.9 Å². The lowest BCUT2D eigenvalue weighted by molar-refractivity contribution is 0.0746. The predicted octanol–water partition coefficient (Wildman–Crippen LogP) is 3.57. The highest BCUT2D eigenvalue weighted by Crippen LogP contribution is 2.31. The Morgan fingerprint density at radius 2 is 1.70 bits per heavy atom. The number of halogens is 2. The molecule has 176 valence electrons. The van der Waals surface area contributed by atoms with E-state index >= 15 is 0 Å². The van der Waals surface area contributed by atoms with E-state index in [1.54, 1.807) is 18.7 Å². The fourth-order valence-corrected chi connectivity index (χ4v) is 6.36. The highest BCUT2D eigenvalue weighted by Gasteiger charge is 2.26. The third-order valence-electron chi connectivity index (χ3n) is 5.68. The van der Waals surface area contributed by atoms with E-state index in [9.17, 15) is 22.0 Å². The van der Waals surface area contributed by atoms with Gasteiger partial charge in [0.2, 0.25) is 10.0 Å². The molecule has 4 rings (SSSR count). The second kappa shape index (κ2) is 9.32. The van der Waals surface area contributed by atoms with E-state index in [1.807, 2.05) is 4.90 Å². The van der Waals surface area contributed by atoms with Crippen molar-refractivity contribution in [3.63, 3.8) is 0 Å². The lowest BCUT2D eigenvalue weighted by Gasteiger charge is -2.34. The van der Waals surface area contributed by atoms with Crippen molar-refractivity contribution in [2.24, 2.45) is 0 Å². The molecule has 0 spiro atoms. The van der Waals surface area contributed by atoms with Crippen molar-refractivity contribution in [1.82, 2.24) is 14.2 Å². The summed E-state index contributed by atoms with van der Waals surface area (Å²) in [4.78, 5) is 21.0. The molecule has 0 unspecified atom stereocenters. The van der Waals surface area contributed by atoms with Crippen LogP contribution in [0.3, 0.4) is 0 Å². The lowest BCUT2D eigenvalue weighted by Crippen LogP contribution is -2.48. The summed E-state index contributed by atoms with van der Waals surface area (Å²) >= 11 is 1.22. The smallest absolute Gasteiger partial charge is 0.253 e. The number of piperazine rings is 1. The van der Waals surface area contributed by atoms with Crippen LogP contribution in [-0.4, -0.2) is 67.8 Å². The number of carbonyl (C=O) groups excluding carboxylic acids is 1. The summed E-state index contributed by atoms with van der Waals surface area (Å²) in [6.07, 6.45) is 0. The second-order valence-electron chi connectivity index (χ2n) is 7.62. The minimum atomic E-state index is -3.58. The number of aromatic nitrogens is 1. The van der Waals surface area contributed by atoms with E-state index in [1.165, 1.54) is 46.0 Å². The van der Waals surface area contributed by atoms with Crippen LogP contribution in [0.4, 0.5) is 13.9 Å². The Hall–Kier alpha value is -2.63. The van der Waals surface area contributed by atoms with E-state index in [0.717, 1.165) is 6.07 Å². The van der Waals surface area contributed by atoms with E-state index in [4.69, 9.17) is 0 Å². The normalized spacial score (nSPS) is 14.9. The molecule has 1 aromatic heterocycles. The number of hydrogen-bond acceptors (Lipinski definition) is 6. The van der Waals surface area contributed by atoms with Crippen molar-refractivity contribution in [2.45, 2.75) is 18.7 Å². The number of hydrogen-bond donors (Lipinski definition) is 0. The van der Waals surface area contributed by atoms with Gasteiger partial charge in [-0.3, -0.25) is 4.79 Å². The summed E-state index contributed by atoms with van der Waals surface area (Å²) < 4.78 is 54.5. The number of fused-ring (bicyclic) bond motifs is 1. The Bertz CT molecular complexity index is 1270. The Kier molecular flexibility index (Phi) is 6.64. The maximum atomic E-state index is 14.0. The van der Waals surface area contributed by atoms with Gasteiger partial charge in [0, 0.05) is 50.9 Å². The van der Waals surface area contributed by atoms with Crippen LogP contribution >= 0.6 is 11.3 Å². The molecule has 3 aromatic rings. The zero-order valence-electron chi connectivity index (χ0n) is 18.3. The van der Waals surface area contributed by atoms with Gasteiger partial charge >= 0.3 is 0 Å². The summed E-state index contributed by atoms with van der Waals surface area (Å²) in [7, 11) is -3.58. The lowest BCUT2D eigenvalue weighted by atomic mass is 10.2. The topological polar surface area (TPSA) is 73.8 Å². The maximum absolute atomic E-state index is 14.0. The molecule has 1 aliphatic rings. The summed E-state index contributed by atoms with van der Waals surface area (Å²) in [5, 5.41) is 0.590. The number of benzene rings is 2. The Balaban J connectivity index is 1.43. The molecule has 0 radical (unpaired) electrons. The van der Waals surface area contributed by atoms with Gasteiger partial charge in [0.25, 0.3) is 5.91 Å².